The van der Waals surface area contributed by atoms with Crippen molar-refractivity contribution in [2.24, 2.45) is 5.92 Å². The van der Waals surface area contributed by atoms with E-state index >= 15 is 0 Å². The molecule has 0 amide bonds. The minimum absolute atomic E-state index is 0.529. The lowest BCUT2D eigenvalue weighted by Gasteiger charge is -2.18. The maximum atomic E-state index is 5.71. The molecule has 0 aromatic rings. The van der Waals surface area contributed by atoms with E-state index in [2.05, 4.69) is 51.1 Å². The molecule has 0 radical (unpaired) electrons. The standard InChI is InChI=1S/C14H26OSi/c1-6-8-13-16(4,5)15-12-9-11-14(3)10-7-2/h7,10,14H,6,8,11,13H2,1-5H3/b10-7+. The highest BCUT2D eigenvalue weighted by molar-refractivity contribution is 6.71. The molecular formula is C14H26OSi. The Bertz CT molecular complexity index is 258. The average Bonchev–Trinajstić information content (AvgIpc) is 2.22. The van der Waals surface area contributed by atoms with Crippen molar-refractivity contribution < 1.29 is 4.43 Å². The van der Waals surface area contributed by atoms with Crippen LogP contribution in [0.4, 0.5) is 0 Å². The fourth-order valence-electron chi connectivity index (χ4n) is 1.43. The van der Waals surface area contributed by atoms with Gasteiger partial charge in [0, 0.05) is 6.42 Å². The van der Waals surface area contributed by atoms with Crippen molar-refractivity contribution in [3.63, 3.8) is 0 Å². The summed E-state index contributed by atoms with van der Waals surface area (Å²) in [5.41, 5.74) is 0. The second-order valence-electron chi connectivity index (χ2n) is 4.95. The molecule has 16 heavy (non-hydrogen) atoms. The minimum atomic E-state index is -1.51. The van der Waals surface area contributed by atoms with Gasteiger partial charge in [-0.25, -0.2) is 0 Å². The van der Waals surface area contributed by atoms with Gasteiger partial charge < -0.3 is 4.43 Å². The second-order valence-corrected chi connectivity index (χ2v) is 9.17. The van der Waals surface area contributed by atoms with Crippen LogP contribution in [0, 0.1) is 17.9 Å². The lowest BCUT2D eigenvalue weighted by molar-refractivity contribution is 0.503. The Hall–Kier alpha value is -0.683. The van der Waals surface area contributed by atoms with Crippen molar-refractivity contribution >= 4 is 8.32 Å². The smallest absolute Gasteiger partial charge is 0.258 e. The predicted molar refractivity (Wildman–Crippen MR) is 74.7 cm³/mol. The van der Waals surface area contributed by atoms with Crippen LogP contribution in [-0.4, -0.2) is 8.32 Å². The van der Waals surface area contributed by atoms with Gasteiger partial charge in [0.05, 0.1) is 6.11 Å². The minimum Gasteiger partial charge on any atom is -0.501 e. The molecule has 0 saturated heterocycles. The summed E-state index contributed by atoms with van der Waals surface area (Å²) >= 11 is 0. The number of allylic oxidation sites excluding steroid dienone is 2. The maximum Gasteiger partial charge on any atom is 0.258 e. The lowest BCUT2D eigenvalue weighted by Crippen LogP contribution is -2.27. The summed E-state index contributed by atoms with van der Waals surface area (Å²) in [5, 5.41) is 0. The van der Waals surface area contributed by atoms with E-state index in [-0.39, 0.29) is 0 Å². The van der Waals surface area contributed by atoms with E-state index < -0.39 is 8.32 Å². The number of hydrogen-bond donors (Lipinski definition) is 0. The Morgan fingerprint density at radius 1 is 1.38 bits per heavy atom. The normalized spacial score (nSPS) is 13.3. The Balaban J connectivity index is 3.89. The van der Waals surface area contributed by atoms with E-state index in [4.69, 9.17) is 4.43 Å². The highest BCUT2D eigenvalue weighted by atomic mass is 28.4. The summed E-state index contributed by atoms with van der Waals surface area (Å²) in [6.45, 7) is 10.9. The zero-order chi connectivity index (χ0) is 12.4. The van der Waals surface area contributed by atoms with Crippen LogP contribution in [0.2, 0.25) is 19.1 Å². The topological polar surface area (TPSA) is 9.23 Å². The van der Waals surface area contributed by atoms with Gasteiger partial charge in [0.15, 0.2) is 0 Å². The number of hydrogen-bond acceptors (Lipinski definition) is 1. The first kappa shape index (κ1) is 15.3. The van der Waals surface area contributed by atoms with E-state index in [0.717, 1.165) is 6.42 Å². The van der Waals surface area contributed by atoms with E-state index in [1.807, 2.05) is 6.92 Å². The zero-order valence-electron chi connectivity index (χ0n) is 11.5. The third-order valence-electron chi connectivity index (χ3n) is 2.48. The Labute approximate surface area is 102 Å². The molecule has 1 unspecified atom stereocenters. The molecule has 0 spiro atoms. The summed E-state index contributed by atoms with van der Waals surface area (Å²) < 4.78 is 5.71. The van der Waals surface area contributed by atoms with Crippen molar-refractivity contribution in [1.29, 1.82) is 0 Å². The summed E-state index contributed by atoms with van der Waals surface area (Å²) in [6.07, 6.45) is 10.5. The van der Waals surface area contributed by atoms with Crippen molar-refractivity contribution in [2.45, 2.75) is 59.2 Å². The van der Waals surface area contributed by atoms with Gasteiger partial charge in [0.2, 0.25) is 0 Å². The summed E-state index contributed by atoms with van der Waals surface area (Å²) in [6, 6.07) is 1.21. The molecule has 2 heteroatoms. The average molecular weight is 238 g/mol. The number of rotatable bonds is 6. The fraction of sp³-hybridized carbons (Fsp3) is 0.714. The fourth-order valence-corrected chi connectivity index (χ4v) is 3.08. The Morgan fingerprint density at radius 3 is 2.62 bits per heavy atom. The summed E-state index contributed by atoms with van der Waals surface area (Å²) in [4.78, 5) is 0. The van der Waals surface area contributed by atoms with Crippen molar-refractivity contribution in [3.8, 4) is 12.0 Å². The predicted octanol–water partition coefficient (Wildman–Crippen LogP) is 4.57. The molecule has 0 bridgehead atoms. The van der Waals surface area contributed by atoms with Crippen LogP contribution in [0.3, 0.4) is 0 Å². The molecule has 0 fully saturated rings. The Morgan fingerprint density at radius 2 is 2.06 bits per heavy atom. The first-order valence-corrected chi connectivity index (χ1v) is 9.42. The van der Waals surface area contributed by atoms with Gasteiger partial charge in [0.1, 0.15) is 0 Å². The first-order valence-electron chi connectivity index (χ1n) is 6.30. The third-order valence-corrected chi connectivity index (χ3v) is 4.69. The number of unbranched alkanes of at least 4 members (excludes halogenated alkanes) is 1. The molecular weight excluding hydrogens is 212 g/mol. The van der Waals surface area contributed by atoms with E-state index in [9.17, 15) is 0 Å². The van der Waals surface area contributed by atoms with Gasteiger partial charge >= 0.3 is 0 Å². The van der Waals surface area contributed by atoms with E-state index in [1.54, 1.807) is 0 Å². The van der Waals surface area contributed by atoms with Gasteiger partial charge in [-0.1, -0.05) is 44.8 Å². The van der Waals surface area contributed by atoms with Crippen LogP contribution < -0.4 is 0 Å². The van der Waals surface area contributed by atoms with Gasteiger partial charge in [-0.2, -0.15) is 0 Å². The highest BCUT2D eigenvalue weighted by Gasteiger charge is 2.22. The third kappa shape index (κ3) is 8.61. The second kappa shape index (κ2) is 8.47. The van der Waals surface area contributed by atoms with Crippen molar-refractivity contribution in [1.82, 2.24) is 0 Å². The van der Waals surface area contributed by atoms with Gasteiger partial charge in [-0.15, -0.1) is 0 Å². The van der Waals surface area contributed by atoms with Crippen LogP contribution >= 0.6 is 0 Å². The molecule has 0 aromatic carbocycles. The SMILES string of the molecule is C/C=C/C(C)CC#CO[Si](C)(C)CCCC. The first-order chi connectivity index (χ1) is 7.52. The molecule has 0 aliphatic carbocycles. The zero-order valence-corrected chi connectivity index (χ0v) is 12.5. The van der Waals surface area contributed by atoms with Crippen molar-refractivity contribution in [2.75, 3.05) is 0 Å². The van der Waals surface area contributed by atoms with Crippen LogP contribution in [0.25, 0.3) is 0 Å². The van der Waals surface area contributed by atoms with Crippen LogP contribution in [0.5, 0.6) is 0 Å². The molecule has 0 aromatic heterocycles. The molecule has 0 heterocycles. The molecule has 0 saturated carbocycles. The monoisotopic (exact) mass is 238 g/mol. The van der Waals surface area contributed by atoms with E-state index in [0.29, 0.717) is 5.92 Å². The summed E-state index contributed by atoms with van der Waals surface area (Å²) in [7, 11) is -1.51. The molecule has 1 atom stereocenters. The van der Waals surface area contributed by atoms with Gasteiger partial charge in [-0.05, 0) is 32.0 Å². The summed E-state index contributed by atoms with van der Waals surface area (Å²) in [5.74, 6) is 3.64. The maximum absolute atomic E-state index is 5.71. The largest absolute Gasteiger partial charge is 0.501 e. The molecule has 0 aliphatic heterocycles. The van der Waals surface area contributed by atoms with Gasteiger partial charge in [0.25, 0.3) is 8.32 Å². The quantitative estimate of drug-likeness (QED) is 0.374. The molecule has 0 rings (SSSR count). The van der Waals surface area contributed by atoms with Crippen molar-refractivity contribution in [3.05, 3.63) is 12.2 Å². The molecule has 0 N–H and O–H groups in total. The molecule has 92 valence electrons. The van der Waals surface area contributed by atoms with Crippen LogP contribution in [0.15, 0.2) is 12.2 Å². The highest BCUT2D eigenvalue weighted by Crippen LogP contribution is 2.14. The van der Waals surface area contributed by atoms with Crippen LogP contribution in [0.1, 0.15) is 40.0 Å². The van der Waals surface area contributed by atoms with Crippen LogP contribution in [-0.2, 0) is 4.43 Å². The Kier molecular flexibility index (Phi) is 8.11. The van der Waals surface area contributed by atoms with E-state index in [1.165, 1.54) is 18.9 Å². The molecule has 0 aliphatic rings. The lowest BCUT2D eigenvalue weighted by atomic mass is 10.1. The molecule has 1 nitrogen and oxygen atoms in total. The van der Waals surface area contributed by atoms with Gasteiger partial charge in [-0.3, -0.25) is 0 Å².